The predicted octanol–water partition coefficient (Wildman–Crippen LogP) is 2.73. The highest BCUT2D eigenvalue weighted by Crippen LogP contribution is 2.51. The van der Waals surface area contributed by atoms with E-state index in [0.29, 0.717) is 17.9 Å². The summed E-state index contributed by atoms with van der Waals surface area (Å²) in [5.41, 5.74) is 3.83. The molecule has 9 nitrogen and oxygen atoms in total. The molecule has 3 aliphatic rings. The average Bonchev–Trinajstić information content (AvgIpc) is 3.38. The van der Waals surface area contributed by atoms with Crippen LogP contribution in [0.2, 0.25) is 0 Å². The van der Waals surface area contributed by atoms with Crippen LogP contribution in [0.15, 0.2) is 30.3 Å². The first-order valence-electron chi connectivity index (χ1n) is 12.2. The van der Waals surface area contributed by atoms with Crippen molar-refractivity contribution >= 4 is 31.7 Å². The Morgan fingerprint density at radius 3 is 2.46 bits per heavy atom. The Morgan fingerprint density at radius 1 is 1.16 bits per heavy atom. The maximum atomic E-state index is 13.5. The number of aryl methyl sites for hydroxylation is 1. The van der Waals surface area contributed by atoms with Crippen molar-refractivity contribution in [3.63, 3.8) is 0 Å². The summed E-state index contributed by atoms with van der Waals surface area (Å²) < 4.78 is 80.7. The third kappa shape index (κ3) is 5.31. The number of rotatable bonds is 7. The highest BCUT2D eigenvalue weighted by Gasteiger charge is 2.59. The van der Waals surface area contributed by atoms with Crippen LogP contribution in [0.1, 0.15) is 30.4 Å². The Hall–Kier alpha value is -2.35. The molecule has 5 rings (SSSR count). The SMILES string of the molecule is Cc1ccc(CN2CCC(NS(C)(=O)=O)CC2)cc1-c1ccc2c(n1)N(C)S(=O)(=O)N2CC1CC1(F)F. The van der Waals surface area contributed by atoms with Crippen molar-refractivity contribution in [1.82, 2.24) is 14.6 Å². The molecule has 1 atom stereocenters. The molecule has 0 radical (unpaired) electrons. The van der Waals surface area contributed by atoms with Gasteiger partial charge in [-0.1, -0.05) is 12.1 Å². The molecule has 1 unspecified atom stereocenters. The molecule has 0 spiro atoms. The van der Waals surface area contributed by atoms with Gasteiger partial charge in [-0.25, -0.2) is 35.5 Å². The maximum absolute atomic E-state index is 13.5. The Morgan fingerprint density at radius 2 is 1.84 bits per heavy atom. The number of aromatic nitrogens is 1. The van der Waals surface area contributed by atoms with E-state index in [1.165, 1.54) is 13.3 Å². The quantitative estimate of drug-likeness (QED) is 0.564. The number of alkyl halides is 2. The highest BCUT2D eigenvalue weighted by molar-refractivity contribution is 7.94. The van der Waals surface area contributed by atoms with E-state index >= 15 is 0 Å². The molecule has 2 aliphatic heterocycles. The molecule has 1 N–H and O–H groups in total. The summed E-state index contributed by atoms with van der Waals surface area (Å²) in [6, 6.07) is 9.41. The van der Waals surface area contributed by atoms with Crippen molar-refractivity contribution in [3.05, 3.63) is 41.5 Å². The monoisotopic (exact) mass is 555 g/mol. The minimum Gasteiger partial charge on any atom is -0.299 e. The summed E-state index contributed by atoms with van der Waals surface area (Å²) in [7, 11) is -5.79. The highest BCUT2D eigenvalue weighted by atomic mass is 32.2. The van der Waals surface area contributed by atoms with Gasteiger partial charge in [0.1, 0.15) is 0 Å². The zero-order chi connectivity index (χ0) is 26.8. The van der Waals surface area contributed by atoms with Crippen LogP contribution in [0.25, 0.3) is 11.3 Å². The first-order chi connectivity index (χ1) is 17.2. The summed E-state index contributed by atoms with van der Waals surface area (Å²) in [6.45, 7) is 3.93. The number of hydrogen-bond acceptors (Lipinski definition) is 6. The Bertz CT molecular complexity index is 1430. The molecule has 0 amide bonds. The van der Waals surface area contributed by atoms with E-state index in [2.05, 4.69) is 14.6 Å². The van der Waals surface area contributed by atoms with Crippen LogP contribution in [-0.4, -0.2) is 71.6 Å². The number of anilines is 2. The minimum atomic E-state index is -3.96. The largest absolute Gasteiger partial charge is 0.327 e. The topological polar surface area (TPSA) is 103 Å². The van der Waals surface area contributed by atoms with Gasteiger partial charge in [0.25, 0.3) is 5.92 Å². The van der Waals surface area contributed by atoms with E-state index < -0.39 is 32.1 Å². The summed E-state index contributed by atoms with van der Waals surface area (Å²) in [6.07, 6.45) is 2.35. The summed E-state index contributed by atoms with van der Waals surface area (Å²) in [5, 5.41) is 0. The van der Waals surface area contributed by atoms with Gasteiger partial charge in [-0.2, -0.15) is 8.42 Å². The summed E-state index contributed by atoms with van der Waals surface area (Å²) in [4.78, 5) is 6.92. The van der Waals surface area contributed by atoms with Crippen LogP contribution in [0.5, 0.6) is 0 Å². The summed E-state index contributed by atoms with van der Waals surface area (Å²) in [5.74, 6) is -3.57. The number of nitrogens with one attached hydrogen (secondary N) is 1. The lowest BCUT2D eigenvalue weighted by molar-refractivity contribution is 0.101. The lowest BCUT2D eigenvalue weighted by Crippen LogP contribution is -2.43. The molecule has 1 saturated heterocycles. The third-order valence-electron chi connectivity index (χ3n) is 7.34. The molecule has 2 fully saturated rings. The second kappa shape index (κ2) is 9.14. The van der Waals surface area contributed by atoms with Gasteiger partial charge in [0, 0.05) is 57.2 Å². The van der Waals surface area contributed by atoms with Crippen molar-refractivity contribution in [2.75, 3.05) is 41.5 Å². The lowest BCUT2D eigenvalue weighted by atomic mass is 10.00. The standard InChI is InChI=1S/C24H31F2N5O4S2/c1-16-4-5-17(14-30-10-8-19(9-11-30)28-36(3,32)33)12-20(16)21-6-7-22-23(27-21)29(2)37(34,35)31(22)15-18-13-24(18,25)26/h4-7,12,18-19,28H,8-11,13-15H2,1-3H3. The fourth-order valence-electron chi connectivity index (χ4n) is 5.07. The maximum Gasteiger partial charge on any atom is 0.327 e. The van der Waals surface area contributed by atoms with Gasteiger partial charge in [-0.15, -0.1) is 0 Å². The number of halogens is 2. The predicted molar refractivity (Wildman–Crippen MR) is 138 cm³/mol. The van der Waals surface area contributed by atoms with Crippen molar-refractivity contribution in [1.29, 1.82) is 0 Å². The first-order valence-corrected chi connectivity index (χ1v) is 15.5. The zero-order valence-electron chi connectivity index (χ0n) is 21.0. The van der Waals surface area contributed by atoms with Gasteiger partial charge in [-0.05, 0) is 49.1 Å². The normalized spacial score (nSPS) is 23.3. The van der Waals surface area contributed by atoms with Gasteiger partial charge in [0.05, 0.1) is 17.6 Å². The first kappa shape index (κ1) is 26.3. The molecule has 1 saturated carbocycles. The molecular formula is C24H31F2N5O4S2. The molecule has 0 bridgehead atoms. The average molecular weight is 556 g/mol. The number of piperidine rings is 1. The Labute approximate surface area is 216 Å². The van der Waals surface area contributed by atoms with Crippen molar-refractivity contribution < 1.29 is 25.6 Å². The van der Waals surface area contributed by atoms with Crippen molar-refractivity contribution in [3.8, 4) is 11.3 Å². The molecule has 1 aromatic carbocycles. The molecule has 202 valence electrons. The summed E-state index contributed by atoms with van der Waals surface area (Å²) >= 11 is 0. The number of likely N-dealkylation sites (tertiary alicyclic amines) is 1. The van der Waals surface area contributed by atoms with Crippen LogP contribution in [0, 0.1) is 12.8 Å². The van der Waals surface area contributed by atoms with Gasteiger partial charge in [0.2, 0.25) is 10.0 Å². The molecule has 3 heterocycles. The molecule has 13 heteroatoms. The number of sulfonamides is 1. The third-order valence-corrected chi connectivity index (χ3v) is 9.87. The lowest BCUT2D eigenvalue weighted by Gasteiger charge is -2.32. The second-order valence-electron chi connectivity index (χ2n) is 10.3. The number of fused-ring (bicyclic) bond motifs is 1. The van der Waals surface area contributed by atoms with E-state index in [1.807, 2.05) is 25.1 Å². The van der Waals surface area contributed by atoms with Gasteiger partial charge in [0.15, 0.2) is 5.82 Å². The van der Waals surface area contributed by atoms with Crippen LogP contribution in [-0.2, 0) is 26.8 Å². The number of benzene rings is 1. The van der Waals surface area contributed by atoms with Crippen LogP contribution in [0.3, 0.4) is 0 Å². The van der Waals surface area contributed by atoms with Gasteiger partial charge >= 0.3 is 10.2 Å². The van der Waals surface area contributed by atoms with Crippen molar-refractivity contribution in [2.24, 2.45) is 5.92 Å². The van der Waals surface area contributed by atoms with E-state index in [1.54, 1.807) is 12.1 Å². The van der Waals surface area contributed by atoms with Gasteiger partial charge in [-0.3, -0.25) is 4.90 Å². The fraction of sp³-hybridized carbons (Fsp3) is 0.542. The van der Waals surface area contributed by atoms with E-state index in [-0.39, 0.29) is 24.8 Å². The smallest absolute Gasteiger partial charge is 0.299 e. The molecule has 2 aromatic rings. The number of pyridine rings is 1. The Balaban J connectivity index is 1.34. The zero-order valence-corrected chi connectivity index (χ0v) is 22.6. The fourth-order valence-corrected chi connectivity index (χ4v) is 7.32. The van der Waals surface area contributed by atoms with E-state index in [9.17, 15) is 25.6 Å². The van der Waals surface area contributed by atoms with E-state index in [0.717, 1.165) is 51.2 Å². The molecule has 1 aliphatic carbocycles. The van der Waals surface area contributed by atoms with Gasteiger partial charge < -0.3 is 0 Å². The Kier molecular flexibility index (Phi) is 6.49. The minimum absolute atomic E-state index is 0.0468. The van der Waals surface area contributed by atoms with Crippen molar-refractivity contribution in [2.45, 2.75) is 44.7 Å². The van der Waals surface area contributed by atoms with Crippen LogP contribution >= 0.6 is 0 Å². The number of hydrogen-bond donors (Lipinski definition) is 1. The second-order valence-corrected chi connectivity index (χ2v) is 14.0. The molecule has 1 aromatic heterocycles. The molecule has 37 heavy (non-hydrogen) atoms. The van der Waals surface area contributed by atoms with E-state index in [4.69, 9.17) is 0 Å². The number of nitrogens with zero attached hydrogens (tertiary/aromatic N) is 4. The van der Waals surface area contributed by atoms with Crippen LogP contribution < -0.4 is 13.3 Å². The molecular weight excluding hydrogens is 524 g/mol. The van der Waals surface area contributed by atoms with Crippen LogP contribution in [0.4, 0.5) is 20.3 Å².